The van der Waals surface area contributed by atoms with Crippen molar-refractivity contribution in [3.05, 3.63) is 52.6 Å². The van der Waals surface area contributed by atoms with Crippen molar-refractivity contribution < 1.29 is 8.81 Å². The van der Waals surface area contributed by atoms with Gasteiger partial charge in [0.15, 0.2) is 0 Å². The van der Waals surface area contributed by atoms with E-state index in [0.29, 0.717) is 0 Å². The Morgan fingerprint density at radius 1 is 1.38 bits per heavy atom. The Balaban J connectivity index is 2.17. The monoisotopic (exact) mass is 283 g/mol. The standard InChI is InChI=1S/C12H11BrFNO/c1-8(9-4-5-16-7-9)15-12-6-10(14)2-3-11(12)13/h2-8,15H,1H3. The maximum Gasteiger partial charge on any atom is 0.125 e. The van der Waals surface area contributed by atoms with Gasteiger partial charge in [0.1, 0.15) is 5.82 Å². The van der Waals surface area contributed by atoms with E-state index in [2.05, 4.69) is 21.2 Å². The maximum absolute atomic E-state index is 13.1. The third-order valence-electron chi connectivity index (χ3n) is 2.34. The van der Waals surface area contributed by atoms with E-state index in [1.807, 2.05) is 13.0 Å². The molecule has 0 aliphatic heterocycles. The Bertz CT molecular complexity index is 470. The van der Waals surface area contributed by atoms with Crippen LogP contribution in [0.25, 0.3) is 0 Å². The molecule has 1 aromatic heterocycles. The van der Waals surface area contributed by atoms with Crippen molar-refractivity contribution in [1.29, 1.82) is 0 Å². The fourth-order valence-corrected chi connectivity index (χ4v) is 1.81. The molecule has 0 saturated carbocycles. The highest BCUT2D eigenvalue weighted by Crippen LogP contribution is 2.27. The molecule has 0 aliphatic carbocycles. The second-order valence-electron chi connectivity index (χ2n) is 3.55. The fourth-order valence-electron chi connectivity index (χ4n) is 1.45. The molecule has 1 atom stereocenters. The molecule has 1 aromatic carbocycles. The predicted molar refractivity (Wildman–Crippen MR) is 64.8 cm³/mol. The largest absolute Gasteiger partial charge is 0.472 e. The lowest BCUT2D eigenvalue weighted by Crippen LogP contribution is -2.06. The summed E-state index contributed by atoms with van der Waals surface area (Å²) in [5.74, 6) is -0.259. The van der Waals surface area contributed by atoms with Gasteiger partial charge in [-0.05, 0) is 47.1 Å². The lowest BCUT2D eigenvalue weighted by Gasteiger charge is -2.14. The topological polar surface area (TPSA) is 25.2 Å². The number of halogens is 2. The van der Waals surface area contributed by atoms with Crippen molar-refractivity contribution in [2.75, 3.05) is 5.32 Å². The van der Waals surface area contributed by atoms with E-state index in [9.17, 15) is 4.39 Å². The lowest BCUT2D eigenvalue weighted by molar-refractivity contribution is 0.562. The van der Waals surface area contributed by atoms with Gasteiger partial charge in [0.25, 0.3) is 0 Å². The lowest BCUT2D eigenvalue weighted by atomic mass is 10.1. The van der Waals surface area contributed by atoms with Crippen molar-refractivity contribution >= 4 is 21.6 Å². The van der Waals surface area contributed by atoms with Crippen molar-refractivity contribution in [3.63, 3.8) is 0 Å². The van der Waals surface area contributed by atoms with Crippen LogP contribution in [0.5, 0.6) is 0 Å². The molecule has 0 radical (unpaired) electrons. The maximum atomic E-state index is 13.1. The van der Waals surface area contributed by atoms with Gasteiger partial charge >= 0.3 is 0 Å². The number of rotatable bonds is 3. The molecular weight excluding hydrogens is 273 g/mol. The summed E-state index contributed by atoms with van der Waals surface area (Å²) >= 11 is 3.37. The van der Waals surface area contributed by atoms with Crippen molar-refractivity contribution in [3.8, 4) is 0 Å². The van der Waals surface area contributed by atoms with Crippen LogP contribution in [0.4, 0.5) is 10.1 Å². The summed E-state index contributed by atoms with van der Waals surface area (Å²) in [4.78, 5) is 0. The van der Waals surface area contributed by atoms with Crippen molar-refractivity contribution in [1.82, 2.24) is 0 Å². The predicted octanol–water partition coefficient (Wildman–Crippen LogP) is 4.35. The molecular formula is C12H11BrFNO. The number of hydrogen-bond donors (Lipinski definition) is 1. The zero-order valence-electron chi connectivity index (χ0n) is 8.71. The van der Waals surface area contributed by atoms with Crippen LogP contribution in [-0.2, 0) is 0 Å². The van der Waals surface area contributed by atoms with Gasteiger partial charge < -0.3 is 9.73 Å². The summed E-state index contributed by atoms with van der Waals surface area (Å²) in [5, 5.41) is 3.21. The van der Waals surface area contributed by atoms with Crippen LogP contribution < -0.4 is 5.32 Å². The van der Waals surface area contributed by atoms with Gasteiger partial charge in [-0.25, -0.2) is 4.39 Å². The summed E-state index contributed by atoms with van der Waals surface area (Å²) in [5.41, 5.74) is 1.75. The van der Waals surface area contributed by atoms with E-state index in [-0.39, 0.29) is 11.9 Å². The first-order valence-corrected chi connectivity index (χ1v) is 5.70. The van der Waals surface area contributed by atoms with Crippen LogP contribution in [0, 0.1) is 5.82 Å². The number of hydrogen-bond acceptors (Lipinski definition) is 2. The first kappa shape index (κ1) is 11.2. The molecule has 0 amide bonds. The Morgan fingerprint density at radius 2 is 2.19 bits per heavy atom. The summed E-state index contributed by atoms with van der Waals surface area (Å²) in [6.45, 7) is 1.99. The minimum absolute atomic E-state index is 0.0665. The average Bonchev–Trinajstić information content (AvgIpc) is 2.76. The number of furan rings is 1. The van der Waals surface area contributed by atoms with Gasteiger partial charge in [-0.2, -0.15) is 0 Å². The van der Waals surface area contributed by atoms with Crippen LogP contribution in [0.1, 0.15) is 18.5 Å². The molecule has 2 rings (SSSR count). The van der Waals surface area contributed by atoms with E-state index < -0.39 is 0 Å². The van der Waals surface area contributed by atoms with Gasteiger partial charge in [0, 0.05) is 10.0 Å². The Hall–Kier alpha value is -1.29. The molecule has 0 fully saturated rings. The first-order valence-electron chi connectivity index (χ1n) is 4.90. The quantitative estimate of drug-likeness (QED) is 0.906. The Kier molecular flexibility index (Phi) is 3.29. The van der Waals surface area contributed by atoms with Crippen LogP contribution in [-0.4, -0.2) is 0 Å². The van der Waals surface area contributed by atoms with Gasteiger partial charge in [0.05, 0.1) is 24.3 Å². The molecule has 2 nitrogen and oxygen atoms in total. The molecule has 84 valence electrons. The second kappa shape index (κ2) is 4.70. The molecule has 1 N–H and O–H groups in total. The Labute approximate surface area is 102 Å². The zero-order chi connectivity index (χ0) is 11.5. The molecule has 0 aliphatic rings. The summed E-state index contributed by atoms with van der Waals surface area (Å²) < 4.78 is 18.9. The van der Waals surface area contributed by atoms with E-state index >= 15 is 0 Å². The van der Waals surface area contributed by atoms with Crippen LogP contribution >= 0.6 is 15.9 Å². The van der Waals surface area contributed by atoms with Crippen molar-refractivity contribution in [2.24, 2.45) is 0 Å². The second-order valence-corrected chi connectivity index (χ2v) is 4.40. The molecule has 4 heteroatoms. The summed E-state index contributed by atoms with van der Waals surface area (Å²) in [6.07, 6.45) is 3.29. The molecule has 1 heterocycles. The molecule has 2 aromatic rings. The summed E-state index contributed by atoms with van der Waals surface area (Å²) in [7, 11) is 0. The third-order valence-corrected chi connectivity index (χ3v) is 3.04. The van der Waals surface area contributed by atoms with E-state index in [0.717, 1.165) is 15.7 Å². The fraction of sp³-hybridized carbons (Fsp3) is 0.167. The number of anilines is 1. The van der Waals surface area contributed by atoms with Gasteiger partial charge in [-0.15, -0.1) is 0 Å². The van der Waals surface area contributed by atoms with E-state index in [1.54, 1.807) is 18.6 Å². The van der Waals surface area contributed by atoms with Crippen molar-refractivity contribution in [2.45, 2.75) is 13.0 Å². The number of nitrogens with one attached hydrogen (secondary N) is 1. The Morgan fingerprint density at radius 3 is 2.88 bits per heavy atom. The summed E-state index contributed by atoms with van der Waals surface area (Å²) in [6, 6.07) is 6.50. The zero-order valence-corrected chi connectivity index (χ0v) is 10.3. The van der Waals surface area contributed by atoms with Crippen LogP contribution in [0.2, 0.25) is 0 Å². The van der Waals surface area contributed by atoms with Gasteiger partial charge in [-0.1, -0.05) is 0 Å². The van der Waals surface area contributed by atoms with Gasteiger partial charge in [0.2, 0.25) is 0 Å². The average molecular weight is 284 g/mol. The molecule has 1 unspecified atom stereocenters. The van der Waals surface area contributed by atoms with Crippen LogP contribution in [0.3, 0.4) is 0 Å². The van der Waals surface area contributed by atoms with Crippen LogP contribution in [0.15, 0.2) is 45.7 Å². The third kappa shape index (κ3) is 2.44. The number of benzene rings is 1. The van der Waals surface area contributed by atoms with E-state index in [4.69, 9.17) is 4.42 Å². The minimum Gasteiger partial charge on any atom is -0.472 e. The highest BCUT2D eigenvalue weighted by Gasteiger charge is 2.09. The molecule has 16 heavy (non-hydrogen) atoms. The van der Waals surface area contributed by atoms with Gasteiger partial charge in [-0.3, -0.25) is 0 Å². The smallest absolute Gasteiger partial charge is 0.125 e. The minimum atomic E-state index is -0.259. The van der Waals surface area contributed by atoms with E-state index in [1.165, 1.54) is 12.1 Å². The first-order chi connectivity index (χ1) is 7.66. The molecule has 0 spiro atoms. The highest BCUT2D eigenvalue weighted by atomic mass is 79.9. The molecule has 0 bridgehead atoms. The normalized spacial score (nSPS) is 12.4. The SMILES string of the molecule is CC(Nc1cc(F)ccc1Br)c1ccoc1. The highest BCUT2D eigenvalue weighted by molar-refractivity contribution is 9.10. The molecule has 0 saturated heterocycles.